The van der Waals surface area contributed by atoms with E-state index in [0.29, 0.717) is 17.8 Å². The molecule has 0 spiro atoms. The van der Waals surface area contributed by atoms with Crippen LogP contribution in [0.3, 0.4) is 0 Å². The SMILES string of the molecule is Cc1ccccc1NC(=O)N=NC=C1C=c2ccc3c(ncn3-c3ccc(OC(F)(F)F)cc3)c2=CC1. The maximum atomic E-state index is 12.4. The van der Waals surface area contributed by atoms with Gasteiger partial charge in [0.15, 0.2) is 0 Å². The molecule has 1 aliphatic carbocycles. The molecule has 7 nitrogen and oxygen atoms in total. The van der Waals surface area contributed by atoms with Crippen LogP contribution < -0.4 is 20.5 Å². The smallest absolute Gasteiger partial charge is 0.406 e. The van der Waals surface area contributed by atoms with Crippen molar-refractivity contribution in [3.05, 3.63) is 94.8 Å². The number of halogens is 3. The molecular formula is C27H20F3N5O2. The van der Waals surface area contributed by atoms with E-state index in [2.05, 4.69) is 25.3 Å². The highest BCUT2D eigenvalue weighted by Gasteiger charge is 2.31. The van der Waals surface area contributed by atoms with Gasteiger partial charge in [-0.05, 0) is 72.2 Å². The molecule has 5 rings (SSSR count). The summed E-state index contributed by atoms with van der Waals surface area (Å²) >= 11 is 0. The Bertz CT molecular complexity index is 1670. The third-order valence-electron chi connectivity index (χ3n) is 5.78. The fourth-order valence-electron chi connectivity index (χ4n) is 4.05. The maximum Gasteiger partial charge on any atom is 0.573 e. The number of benzene rings is 3. The second-order valence-electron chi connectivity index (χ2n) is 8.31. The first kappa shape index (κ1) is 24.0. The zero-order valence-corrected chi connectivity index (χ0v) is 19.5. The van der Waals surface area contributed by atoms with Crippen molar-refractivity contribution in [1.29, 1.82) is 0 Å². The summed E-state index contributed by atoms with van der Waals surface area (Å²) in [4.78, 5) is 16.6. The number of para-hydroxylation sites is 1. The standard InChI is InChI=1S/C27H20F3N5O2/c1-17-4-2-3-5-23(17)33-26(36)34-32-15-18-6-12-22-19(14-18)7-13-24-25(22)31-16-35(24)20-8-10-21(11-9-20)37-27(28,29)30/h2-5,7-16H,6H2,1H3,(H,33,36). The second-order valence-corrected chi connectivity index (χ2v) is 8.31. The quantitative estimate of drug-likeness (QED) is 0.359. The van der Waals surface area contributed by atoms with Gasteiger partial charge in [-0.15, -0.1) is 13.2 Å². The number of alkyl halides is 3. The van der Waals surface area contributed by atoms with Crippen LogP contribution >= 0.6 is 0 Å². The van der Waals surface area contributed by atoms with Crippen LogP contribution in [0.25, 0.3) is 28.9 Å². The number of allylic oxidation sites excluding steroid dienone is 1. The van der Waals surface area contributed by atoms with Gasteiger partial charge in [-0.1, -0.05) is 35.5 Å². The summed E-state index contributed by atoms with van der Waals surface area (Å²) in [6.07, 6.45) is 2.98. The number of amides is 2. The Kier molecular flexibility index (Phi) is 6.31. The zero-order chi connectivity index (χ0) is 26.0. The van der Waals surface area contributed by atoms with Gasteiger partial charge in [0, 0.05) is 16.6 Å². The summed E-state index contributed by atoms with van der Waals surface area (Å²) < 4.78 is 43.0. The van der Waals surface area contributed by atoms with Crippen LogP contribution in [0.15, 0.2) is 89.0 Å². The van der Waals surface area contributed by atoms with Crippen molar-refractivity contribution in [2.75, 3.05) is 5.32 Å². The maximum absolute atomic E-state index is 12.4. The number of hydrogen-bond acceptors (Lipinski definition) is 4. The highest BCUT2D eigenvalue weighted by atomic mass is 19.4. The van der Waals surface area contributed by atoms with Crippen molar-refractivity contribution in [3.8, 4) is 11.4 Å². The predicted octanol–water partition coefficient (Wildman–Crippen LogP) is 5.77. The van der Waals surface area contributed by atoms with Crippen molar-refractivity contribution in [2.45, 2.75) is 19.7 Å². The molecule has 1 heterocycles. The van der Waals surface area contributed by atoms with Crippen LogP contribution in [0.1, 0.15) is 12.0 Å². The first-order valence-corrected chi connectivity index (χ1v) is 11.3. The largest absolute Gasteiger partial charge is 0.573 e. The number of aryl methyl sites for hydroxylation is 1. The van der Waals surface area contributed by atoms with E-state index >= 15 is 0 Å². The molecule has 0 unspecified atom stereocenters. The van der Waals surface area contributed by atoms with Crippen LogP contribution in [-0.2, 0) is 0 Å². The minimum absolute atomic E-state index is 0.287. The van der Waals surface area contributed by atoms with Gasteiger partial charge in [0.05, 0.1) is 17.2 Å². The summed E-state index contributed by atoms with van der Waals surface area (Å²) in [5.74, 6) is -0.287. The molecule has 0 radical (unpaired) electrons. The number of imidazole rings is 1. The van der Waals surface area contributed by atoms with Crippen LogP contribution in [0, 0.1) is 6.92 Å². The number of hydrogen-bond donors (Lipinski definition) is 1. The lowest BCUT2D eigenvalue weighted by Crippen LogP contribution is -2.28. The molecule has 2 amide bonds. The van der Waals surface area contributed by atoms with Gasteiger partial charge in [0.1, 0.15) is 12.1 Å². The minimum atomic E-state index is -4.74. The van der Waals surface area contributed by atoms with Crippen molar-refractivity contribution < 1.29 is 22.7 Å². The normalized spacial score (nSPS) is 14.3. The van der Waals surface area contributed by atoms with E-state index in [1.54, 1.807) is 35.3 Å². The number of nitrogens with one attached hydrogen (secondary N) is 1. The molecular weight excluding hydrogens is 483 g/mol. The summed E-state index contributed by atoms with van der Waals surface area (Å²) in [7, 11) is 0. The van der Waals surface area contributed by atoms with Crippen LogP contribution in [0.2, 0.25) is 0 Å². The number of anilines is 1. The van der Waals surface area contributed by atoms with Crippen LogP contribution in [0.5, 0.6) is 5.75 Å². The molecule has 186 valence electrons. The van der Waals surface area contributed by atoms with E-state index < -0.39 is 12.4 Å². The van der Waals surface area contributed by atoms with E-state index in [0.717, 1.165) is 32.6 Å². The molecule has 1 aliphatic rings. The second kappa shape index (κ2) is 9.73. The Morgan fingerprint density at radius 3 is 2.65 bits per heavy atom. The highest BCUT2D eigenvalue weighted by molar-refractivity contribution is 5.90. The number of aromatic nitrogens is 2. The van der Waals surface area contributed by atoms with Gasteiger partial charge in [-0.25, -0.2) is 9.78 Å². The average Bonchev–Trinajstić information content (AvgIpc) is 3.29. The lowest BCUT2D eigenvalue weighted by atomic mass is 10.0. The third kappa shape index (κ3) is 5.43. The fourth-order valence-corrected chi connectivity index (χ4v) is 4.05. The lowest BCUT2D eigenvalue weighted by Gasteiger charge is -2.10. The Hall–Kier alpha value is -4.73. The number of carbonyl (C=O) groups is 1. The Morgan fingerprint density at radius 1 is 1.11 bits per heavy atom. The van der Waals surface area contributed by atoms with Crippen LogP contribution in [-0.4, -0.2) is 21.9 Å². The van der Waals surface area contributed by atoms with Gasteiger partial charge in [0.25, 0.3) is 0 Å². The number of ether oxygens (including phenoxy) is 1. The molecule has 0 bridgehead atoms. The number of urea groups is 1. The molecule has 1 aromatic heterocycles. The summed E-state index contributed by atoms with van der Waals surface area (Å²) in [6.45, 7) is 1.89. The molecule has 37 heavy (non-hydrogen) atoms. The number of carbonyl (C=O) groups excluding carboxylic acids is 1. The van der Waals surface area contributed by atoms with Crippen molar-refractivity contribution in [2.24, 2.45) is 10.2 Å². The Morgan fingerprint density at radius 2 is 1.89 bits per heavy atom. The van der Waals surface area contributed by atoms with Gasteiger partial charge in [-0.3, -0.25) is 4.57 Å². The van der Waals surface area contributed by atoms with Crippen molar-refractivity contribution in [3.63, 3.8) is 0 Å². The van der Waals surface area contributed by atoms with E-state index in [1.807, 2.05) is 49.4 Å². The molecule has 0 fully saturated rings. The summed E-state index contributed by atoms with van der Waals surface area (Å²) in [5, 5.41) is 12.2. The van der Waals surface area contributed by atoms with E-state index in [1.165, 1.54) is 12.1 Å². The van der Waals surface area contributed by atoms with E-state index in [9.17, 15) is 18.0 Å². The average molecular weight is 503 g/mol. The number of rotatable bonds is 4. The van der Waals surface area contributed by atoms with Gasteiger partial charge < -0.3 is 10.1 Å². The van der Waals surface area contributed by atoms with Crippen LogP contribution in [0.4, 0.5) is 23.7 Å². The highest BCUT2D eigenvalue weighted by Crippen LogP contribution is 2.25. The molecule has 4 aromatic rings. The van der Waals surface area contributed by atoms with Gasteiger partial charge in [0.2, 0.25) is 0 Å². The van der Waals surface area contributed by atoms with E-state index in [4.69, 9.17) is 0 Å². The molecule has 10 heteroatoms. The minimum Gasteiger partial charge on any atom is -0.406 e. The Labute approximate surface area is 208 Å². The lowest BCUT2D eigenvalue weighted by molar-refractivity contribution is -0.274. The Balaban J connectivity index is 1.35. The molecule has 1 N–H and O–H groups in total. The summed E-state index contributed by atoms with van der Waals surface area (Å²) in [5.41, 5.74) is 4.72. The summed E-state index contributed by atoms with van der Waals surface area (Å²) in [6, 6.07) is 16.3. The zero-order valence-electron chi connectivity index (χ0n) is 19.5. The molecule has 3 aromatic carbocycles. The number of fused-ring (bicyclic) bond motifs is 3. The number of nitrogens with zero attached hydrogens (tertiary/aromatic N) is 4. The molecule has 0 aliphatic heterocycles. The molecule has 0 saturated heterocycles. The van der Waals surface area contributed by atoms with Gasteiger partial charge in [-0.2, -0.15) is 5.11 Å². The monoisotopic (exact) mass is 503 g/mol. The molecule has 0 atom stereocenters. The van der Waals surface area contributed by atoms with Crippen molar-refractivity contribution >= 4 is 34.9 Å². The van der Waals surface area contributed by atoms with E-state index in [-0.39, 0.29) is 5.75 Å². The van der Waals surface area contributed by atoms with Crippen molar-refractivity contribution in [1.82, 2.24) is 9.55 Å². The predicted molar refractivity (Wildman–Crippen MR) is 134 cm³/mol. The number of azo groups is 1. The topological polar surface area (TPSA) is 80.9 Å². The first-order valence-electron chi connectivity index (χ1n) is 11.3. The first-order chi connectivity index (χ1) is 17.8. The van der Waals surface area contributed by atoms with Gasteiger partial charge >= 0.3 is 12.4 Å². The third-order valence-corrected chi connectivity index (χ3v) is 5.78. The molecule has 0 saturated carbocycles. The fraction of sp³-hybridized carbons (Fsp3) is 0.111.